The standard InChI is InChI=1S/C21H19FN4O3/c1-13-18(20(27)28-2)19(26-21(25-13)23-12-24-26)15-4-3-5-17(10-15)29-11-14-6-8-16(22)9-7-14/h3-10,12,19H,11H2,1-2H3,(H,23,24,25)/t19-/m1/s1. The van der Waals surface area contributed by atoms with Gasteiger partial charge in [0.2, 0.25) is 5.95 Å². The molecule has 0 spiro atoms. The molecule has 0 radical (unpaired) electrons. The van der Waals surface area contributed by atoms with E-state index in [1.54, 1.807) is 23.7 Å². The molecule has 4 rings (SSSR count). The van der Waals surface area contributed by atoms with Crippen LogP contribution < -0.4 is 10.1 Å². The van der Waals surface area contributed by atoms with Gasteiger partial charge in [-0.2, -0.15) is 10.1 Å². The third-order valence-corrected chi connectivity index (χ3v) is 4.69. The normalized spacial score (nSPS) is 15.5. The van der Waals surface area contributed by atoms with Crippen LogP contribution in [0.1, 0.15) is 24.1 Å². The first-order valence-electron chi connectivity index (χ1n) is 8.99. The van der Waals surface area contributed by atoms with Gasteiger partial charge in [0, 0.05) is 5.70 Å². The van der Waals surface area contributed by atoms with Crippen molar-refractivity contribution in [2.24, 2.45) is 0 Å². The van der Waals surface area contributed by atoms with Crippen LogP contribution in [0.15, 0.2) is 66.1 Å². The summed E-state index contributed by atoms with van der Waals surface area (Å²) in [7, 11) is 1.35. The molecule has 148 valence electrons. The first-order valence-corrected chi connectivity index (χ1v) is 8.99. The molecule has 1 aliphatic rings. The molecule has 1 N–H and O–H groups in total. The molecule has 8 heteroatoms. The maximum absolute atomic E-state index is 13.1. The van der Waals surface area contributed by atoms with E-state index >= 15 is 0 Å². The van der Waals surface area contributed by atoms with E-state index in [2.05, 4.69) is 15.4 Å². The van der Waals surface area contributed by atoms with Gasteiger partial charge < -0.3 is 14.8 Å². The lowest BCUT2D eigenvalue weighted by Gasteiger charge is -2.28. The first kappa shape index (κ1) is 18.7. The average Bonchev–Trinajstić information content (AvgIpc) is 3.20. The Morgan fingerprint density at radius 2 is 2.03 bits per heavy atom. The summed E-state index contributed by atoms with van der Waals surface area (Å²) in [6, 6.07) is 13.0. The van der Waals surface area contributed by atoms with Crippen LogP contribution in [0.3, 0.4) is 0 Å². The molecule has 1 aliphatic heterocycles. The number of carbonyl (C=O) groups is 1. The number of nitrogens with zero attached hydrogens (tertiary/aromatic N) is 3. The second-order valence-electron chi connectivity index (χ2n) is 6.57. The van der Waals surface area contributed by atoms with E-state index in [1.807, 2.05) is 24.3 Å². The zero-order valence-electron chi connectivity index (χ0n) is 15.9. The highest BCUT2D eigenvalue weighted by Crippen LogP contribution is 2.36. The summed E-state index contributed by atoms with van der Waals surface area (Å²) in [6.45, 7) is 2.09. The van der Waals surface area contributed by atoms with E-state index in [0.29, 0.717) is 29.6 Å². The van der Waals surface area contributed by atoms with E-state index in [0.717, 1.165) is 11.1 Å². The van der Waals surface area contributed by atoms with Gasteiger partial charge >= 0.3 is 5.97 Å². The largest absolute Gasteiger partial charge is 0.489 e. The minimum absolute atomic E-state index is 0.289. The topological polar surface area (TPSA) is 78.3 Å². The molecule has 2 heterocycles. The summed E-state index contributed by atoms with van der Waals surface area (Å²) in [4.78, 5) is 16.7. The van der Waals surface area contributed by atoms with Crippen LogP contribution in [0.25, 0.3) is 0 Å². The molecular weight excluding hydrogens is 375 g/mol. The lowest BCUT2D eigenvalue weighted by molar-refractivity contribution is -0.136. The summed E-state index contributed by atoms with van der Waals surface area (Å²) >= 11 is 0. The summed E-state index contributed by atoms with van der Waals surface area (Å²) in [6.07, 6.45) is 1.43. The van der Waals surface area contributed by atoms with Gasteiger partial charge in [0.25, 0.3) is 0 Å². The lowest BCUT2D eigenvalue weighted by atomic mass is 9.95. The third kappa shape index (κ3) is 3.69. The Morgan fingerprint density at radius 1 is 1.24 bits per heavy atom. The number of nitrogens with one attached hydrogen (secondary N) is 1. The van der Waals surface area contributed by atoms with Crippen LogP contribution in [-0.4, -0.2) is 27.8 Å². The minimum atomic E-state index is -0.504. The van der Waals surface area contributed by atoms with Gasteiger partial charge in [-0.05, 0) is 42.3 Å². The number of fused-ring (bicyclic) bond motifs is 1. The van der Waals surface area contributed by atoms with Crippen LogP contribution in [-0.2, 0) is 16.1 Å². The molecule has 7 nitrogen and oxygen atoms in total. The van der Waals surface area contributed by atoms with Gasteiger partial charge in [-0.3, -0.25) is 0 Å². The molecule has 3 aromatic rings. The predicted octanol–water partition coefficient (Wildman–Crippen LogP) is 3.46. The zero-order valence-corrected chi connectivity index (χ0v) is 15.9. The van der Waals surface area contributed by atoms with Gasteiger partial charge in [0.05, 0.1) is 12.7 Å². The van der Waals surface area contributed by atoms with E-state index in [-0.39, 0.29) is 5.82 Å². The Bertz CT molecular complexity index is 1080. The molecule has 0 unspecified atom stereocenters. The van der Waals surface area contributed by atoms with Crippen LogP contribution >= 0.6 is 0 Å². The Labute approximate surface area is 166 Å². The van der Waals surface area contributed by atoms with Crippen molar-refractivity contribution in [3.63, 3.8) is 0 Å². The van der Waals surface area contributed by atoms with Gasteiger partial charge in [-0.1, -0.05) is 24.3 Å². The number of rotatable bonds is 5. The smallest absolute Gasteiger partial charge is 0.338 e. The van der Waals surface area contributed by atoms with Gasteiger partial charge in [-0.15, -0.1) is 0 Å². The van der Waals surface area contributed by atoms with Gasteiger partial charge in [0.15, 0.2) is 0 Å². The van der Waals surface area contributed by atoms with E-state index in [1.165, 1.54) is 25.6 Å². The Kier molecular flexibility index (Phi) is 4.99. The maximum Gasteiger partial charge on any atom is 0.338 e. The van der Waals surface area contributed by atoms with Crippen LogP contribution in [0, 0.1) is 5.82 Å². The molecule has 2 aromatic carbocycles. The number of allylic oxidation sites excluding steroid dienone is 1. The lowest BCUT2D eigenvalue weighted by Crippen LogP contribution is -2.29. The monoisotopic (exact) mass is 394 g/mol. The van der Waals surface area contributed by atoms with Crippen molar-refractivity contribution in [1.29, 1.82) is 0 Å². The highest BCUT2D eigenvalue weighted by Gasteiger charge is 2.34. The second kappa shape index (κ2) is 7.75. The number of aromatic nitrogens is 3. The molecule has 29 heavy (non-hydrogen) atoms. The van der Waals surface area contributed by atoms with Crippen molar-refractivity contribution in [1.82, 2.24) is 14.8 Å². The first-order chi connectivity index (χ1) is 14.1. The average molecular weight is 394 g/mol. The number of halogens is 1. The fraction of sp³-hybridized carbons (Fsp3) is 0.190. The number of esters is 1. The van der Waals surface area contributed by atoms with Crippen molar-refractivity contribution in [2.75, 3.05) is 12.4 Å². The number of carbonyl (C=O) groups excluding carboxylic acids is 1. The van der Waals surface area contributed by atoms with Crippen LogP contribution in [0.2, 0.25) is 0 Å². The number of ether oxygens (including phenoxy) is 2. The van der Waals surface area contributed by atoms with E-state index in [4.69, 9.17) is 9.47 Å². The quantitative estimate of drug-likeness (QED) is 0.668. The summed E-state index contributed by atoms with van der Waals surface area (Å²) in [5.74, 6) is 0.424. The Balaban J connectivity index is 1.65. The van der Waals surface area contributed by atoms with Crippen molar-refractivity contribution >= 4 is 11.9 Å². The molecule has 0 bridgehead atoms. The second-order valence-corrected chi connectivity index (χ2v) is 6.57. The highest BCUT2D eigenvalue weighted by molar-refractivity contribution is 5.92. The Morgan fingerprint density at radius 3 is 2.79 bits per heavy atom. The SMILES string of the molecule is COC(=O)C1=C(C)Nc2ncnn2[C@@H]1c1cccc(OCc2ccc(F)cc2)c1. The van der Waals surface area contributed by atoms with Crippen molar-refractivity contribution in [3.8, 4) is 5.75 Å². The summed E-state index contributed by atoms with van der Waals surface area (Å²) in [5.41, 5.74) is 2.75. The fourth-order valence-corrected chi connectivity index (χ4v) is 3.30. The number of benzene rings is 2. The molecule has 0 saturated carbocycles. The predicted molar refractivity (Wildman–Crippen MR) is 104 cm³/mol. The van der Waals surface area contributed by atoms with E-state index in [9.17, 15) is 9.18 Å². The minimum Gasteiger partial charge on any atom is -0.489 e. The molecule has 0 amide bonds. The number of anilines is 1. The molecule has 0 aliphatic carbocycles. The summed E-state index contributed by atoms with van der Waals surface area (Å²) < 4.78 is 25.6. The number of hydrogen-bond acceptors (Lipinski definition) is 6. The van der Waals surface area contributed by atoms with Gasteiger partial charge in [0.1, 0.15) is 30.5 Å². The van der Waals surface area contributed by atoms with Crippen molar-refractivity contribution in [3.05, 3.63) is 83.1 Å². The van der Waals surface area contributed by atoms with Gasteiger partial charge in [-0.25, -0.2) is 13.9 Å². The molecule has 0 saturated heterocycles. The number of methoxy groups -OCH3 is 1. The summed E-state index contributed by atoms with van der Waals surface area (Å²) in [5, 5.41) is 7.35. The highest BCUT2D eigenvalue weighted by atomic mass is 19.1. The molecule has 0 fully saturated rings. The number of hydrogen-bond donors (Lipinski definition) is 1. The molecule has 1 aromatic heterocycles. The molecule has 1 atom stereocenters. The maximum atomic E-state index is 13.1. The Hall–Kier alpha value is -3.68. The van der Waals surface area contributed by atoms with Crippen molar-refractivity contribution < 1.29 is 18.7 Å². The van der Waals surface area contributed by atoms with Crippen molar-refractivity contribution in [2.45, 2.75) is 19.6 Å². The van der Waals surface area contributed by atoms with Crippen LogP contribution in [0.4, 0.5) is 10.3 Å². The zero-order chi connectivity index (χ0) is 20.4. The van der Waals surface area contributed by atoms with E-state index < -0.39 is 12.0 Å². The fourth-order valence-electron chi connectivity index (χ4n) is 3.30. The third-order valence-electron chi connectivity index (χ3n) is 4.69. The molecular formula is C21H19FN4O3. The van der Waals surface area contributed by atoms with Crippen LogP contribution in [0.5, 0.6) is 5.75 Å².